The fraction of sp³-hybridized carbons (Fsp3) is 0.333. The van der Waals surface area contributed by atoms with E-state index in [1.54, 1.807) is 6.92 Å². The van der Waals surface area contributed by atoms with Crippen molar-refractivity contribution < 1.29 is 9.53 Å². The van der Waals surface area contributed by atoms with E-state index < -0.39 is 5.41 Å². The Labute approximate surface area is 139 Å². The monoisotopic (exact) mass is 326 g/mol. The number of hydrogen-bond acceptors (Lipinski definition) is 5. The van der Waals surface area contributed by atoms with Crippen LogP contribution in [0.3, 0.4) is 0 Å². The van der Waals surface area contributed by atoms with Crippen molar-refractivity contribution in [2.75, 3.05) is 12.3 Å². The van der Waals surface area contributed by atoms with Crippen LogP contribution in [-0.4, -0.2) is 12.6 Å². The Balaban J connectivity index is 2.01. The van der Waals surface area contributed by atoms with E-state index in [2.05, 4.69) is 6.07 Å². The third kappa shape index (κ3) is 2.60. The molecule has 0 radical (unpaired) electrons. The number of fused-ring (bicyclic) bond motifs is 1. The number of esters is 1. The predicted molar refractivity (Wildman–Crippen MR) is 90.4 cm³/mol. The Hall–Kier alpha value is -2.32. The van der Waals surface area contributed by atoms with Gasteiger partial charge in [0, 0.05) is 11.3 Å². The Kier molecular flexibility index (Phi) is 4.10. The average Bonchev–Trinajstić information content (AvgIpc) is 2.90. The molecule has 0 unspecified atom stereocenters. The number of ether oxygens (including phenoxy) is 1. The minimum absolute atomic E-state index is 0.328. The summed E-state index contributed by atoms with van der Waals surface area (Å²) in [6.07, 6.45) is 1.94. The van der Waals surface area contributed by atoms with E-state index in [-0.39, 0.29) is 5.97 Å². The summed E-state index contributed by atoms with van der Waals surface area (Å²) in [4.78, 5) is 13.2. The Bertz CT molecular complexity index is 776. The van der Waals surface area contributed by atoms with E-state index in [9.17, 15) is 10.1 Å². The number of nitriles is 1. The smallest absolute Gasteiger partial charge is 0.341 e. The lowest BCUT2D eigenvalue weighted by Crippen LogP contribution is -2.31. The summed E-state index contributed by atoms with van der Waals surface area (Å²) >= 11 is 1.41. The van der Waals surface area contributed by atoms with E-state index in [1.807, 2.05) is 30.3 Å². The number of rotatable bonds is 3. The van der Waals surface area contributed by atoms with Crippen LogP contribution in [0.5, 0.6) is 0 Å². The summed E-state index contributed by atoms with van der Waals surface area (Å²) in [5.41, 5.74) is 8.01. The maximum atomic E-state index is 12.1. The third-order valence-corrected chi connectivity index (χ3v) is 5.46. The Morgan fingerprint density at radius 3 is 2.83 bits per heavy atom. The summed E-state index contributed by atoms with van der Waals surface area (Å²) in [5.74, 6) is -0.355. The van der Waals surface area contributed by atoms with E-state index in [4.69, 9.17) is 10.5 Å². The summed E-state index contributed by atoms with van der Waals surface area (Å²) in [7, 11) is 0. The molecule has 118 valence electrons. The van der Waals surface area contributed by atoms with Gasteiger partial charge in [0.05, 0.1) is 23.7 Å². The second-order valence-electron chi connectivity index (χ2n) is 5.70. The van der Waals surface area contributed by atoms with Gasteiger partial charge in [0.1, 0.15) is 5.00 Å². The standard InChI is InChI=1S/C18H18N2O2S/c1-2-22-17(21)15-13-8-9-18(11-19,10-14(13)23-16(15)20)12-6-4-3-5-7-12/h3-7H,2,8-10,20H2,1H3/t18-/m0/s1. The lowest BCUT2D eigenvalue weighted by Gasteiger charge is -2.31. The van der Waals surface area contributed by atoms with Crippen LogP contribution in [0, 0.1) is 11.3 Å². The molecule has 1 aliphatic rings. The molecule has 0 bridgehead atoms. The fourth-order valence-corrected chi connectivity index (χ4v) is 4.45. The first kappa shape index (κ1) is 15.6. The molecule has 1 aromatic carbocycles. The molecule has 0 saturated heterocycles. The van der Waals surface area contributed by atoms with Crippen molar-refractivity contribution in [3.05, 3.63) is 51.9 Å². The molecule has 1 heterocycles. The van der Waals surface area contributed by atoms with Crippen molar-refractivity contribution in [1.82, 2.24) is 0 Å². The van der Waals surface area contributed by atoms with Crippen molar-refractivity contribution in [3.8, 4) is 6.07 Å². The van der Waals surface area contributed by atoms with Crippen LogP contribution in [0.2, 0.25) is 0 Å². The molecule has 1 aromatic heterocycles. The summed E-state index contributed by atoms with van der Waals surface area (Å²) in [6.45, 7) is 2.11. The van der Waals surface area contributed by atoms with Crippen LogP contribution in [-0.2, 0) is 23.0 Å². The number of nitrogens with zero attached hydrogens (tertiary/aromatic N) is 1. The molecule has 0 spiro atoms. The third-order valence-electron chi connectivity index (χ3n) is 4.40. The fourth-order valence-electron chi connectivity index (χ4n) is 3.23. The van der Waals surface area contributed by atoms with Crippen LogP contribution in [0.25, 0.3) is 0 Å². The summed E-state index contributed by atoms with van der Waals surface area (Å²) < 4.78 is 5.12. The van der Waals surface area contributed by atoms with Crippen molar-refractivity contribution in [2.24, 2.45) is 0 Å². The lowest BCUT2D eigenvalue weighted by atomic mass is 9.70. The average molecular weight is 326 g/mol. The van der Waals surface area contributed by atoms with Crippen molar-refractivity contribution >= 4 is 22.3 Å². The quantitative estimate of drug-likeness (QED) is 0.876. The van der Waals surface area contributed by atoms with E-state index in [0.717, 1.165) is 16.0 Å². The highest BCUT2D eigenvalue weighted by Gasteiger charge is 2.39. The molecular weight excluding hydrogens is 308 g/mol. The number of thiophene rings is 1. The van der Waals surface area contributed by atoms with Crippen LogP contribution < -0.4 is 5.73 Å². The minimum Gasteiger partial charge on any atom is -0.462 e. The normalized spacial score (nSPS) is 19.7. The van der Waals surface area contributed by atoms with E-state index in [0.29, 0.717) is 36.4 Å². The van der Waals surface area contributed by atoms with Gasteiger partial charge in [-0.1, -0.05) is 30.3 Å². The van der Waals surface area contributed by atoms with Gasteiger partial charge in [-0.15, -0.1) is 11.3 Å². The zero-order valence-corrected chi connectivity index (χ0v) is 13.8. The largest absolute Gasteiger partial charge is 0.462 e. The first-order chi connectivity index (χ1) is 11.1. The number of nitrogen functional groups attached to an aromatic ring is 1. The van der Waals surface area contributed by atoms with Crippen molar-refractivity contribution in [2.45, 2.75) is 31.6 Å². The minimum atomic E-state index is -0.544. The summed E-state index contributed by atoms with van der Waals surface area (Å²) in [5, 5.41) is 10.3. The van der Waals surface area contributed by atoms with Crippen LogP contribution >= 0.6 is 11.3 Å². The van der Waals surface area contributed by atoms with Gasteiger partial charge < -0.3 is 10.5 Å². The number of nitrogens with two attached hydrogens (primary N) is 1. The number of carbonyl (C=O) groups is 1. The van der Waals surface area contributed by atoms with Gasteiger partial charge in [0.2, 0.25) is 0 Å². The first-order valence-electron chi connectivity index (χ1n) is 7.65. The van der Waals surface area contributed by atoms with Gasteiger partial charge in [0.25, 0.3) is 0 Å². The maximum absolute atomic E-state index is 12.1. The molecule has 2 N–H and O–H groups in total. The first-order valence-corrected chi connectivity index (χ1v) is 8.47. The molecule has 1 atom stereocenters. The Morgan fingerprint density at radius 1 is 1.43 bits per heavy atom. The van der Waals surface area contributed by atoms with Crippen LogP contribution in [0.1, 0.15) is 39.7 Å². The van der Waals surface area contributed by atoms with Gasteiger partial charge in [-0.25, -0.2) is 4.79 Å². The zero-order chi connectivity index (χ0) is 16.4. The molecule has 0 saturated carbocycles. The van der Waals surface area contributed by atoms with Gasteiger partial charge in [-0.3, -0.25) is 0 Å². The van der Waals surface area contributed by atoms with Crippen LogP contribution in [0.15, 0.2) is 30.3 Å². The molecule has 0 fully saturated rings. The summed E-state index contributed by atoms with van der Waals surface area (Å²) in [6, 6.07) is 12.4. The number of carbonyl (C=O) groups excluding carboxylic acids is 1. The number of benzene rings is 1. The van der Waals surface area contributed by atoms with Crippen molar-refractivity contribution in [3.63, 3.8) is 0 Å². The van der Waals surface area contributed by atoms with Gasteiger partial charge in [-0.2, -0.15) is 5.26 Å². The van der Waals surface area contributed by atoms with E-state index >= 15 is 0 Å². The molecule has 4 nitrogen and oxygen atoms in total. The molecule has 23 heavy (non-hydrogen) atoms. The molecule has 5 heteroatoms. The van der Waals surface area contributed by atoms with Gasteiger partial charge in [-0.05, 0) is 30.9 Å². The molecule has 0 amide bonds. The molecule has 0 aliphatic heterocycles. The second-order valence-corrected chi connectivity index (χ2v) is 6.84. The van der Waals surface area contributed by atoms with E-state index in [1.165, 1.54) is 11.3 Å². The molecule has 1 aliphatic carbocycles. The molecule has 3 rings (SSSR count). The van der Waals surface area contributed by atoms with Crippen molar-refractivity contribution in [1.29, 1.82) is 5.26 Å². The topological polar surface area (TPSA) is 76.1 Å². The molecular formula is C18H18N2O2S. The lowest BCUT2D eigenvalue weighted by molar-refractivity contribution is 0.0526. The highest BCUT2D eigenvalue weighted by atomic mass is 32.1. The van der Waals surface area contributed by atoms with Gasteiger partial charge >= 0.3 is 5.97 Å². The predicted octanol–water partition coefficient (Wildman–Crippen LogP) is 3.46. The number of anilines is 1. The van der Waals surface area contributed by atoms with Crippen LogP contribution in [0.4, 0.5) is 5.00 Å². The zero-order valence-electron chi connectivity index (χ0n) is 13.0. The highest BCUT2D eigenvalue weighted by Crippen LogP contribution is 2.44. The molecule has 2 aromatic rings. The SMILES string of the molecule is CCOC(=O)c1c(N)sc2c1CC[C@](C#N)(c1ccccc1)C2. The highest BCUT2D eigenvalue weighted by molar-refractivity contribution is 7.16. The number of hydrogen-bond donors (Lipinski definition) is 1. The van der Waals surface area contributed by atoms with Gasteiger partial charge in [0.15, 0.2) is 0 Å². The Morgan fingerprint density at radius 2 is 2.17 bits per heavy atom. The maximum Gasteiger partial charge on any atom is 0.341 e. The second kappa shape index (κ2) is 6.05.